The van der Waals surface area contributed by atoms with Crippen molar-refractivity contribution in [3.63, 3.8) is 0 Å². The molecule has 4 amide bonds. The van der Waals surface area contributed by atoms with Crippen molar-refractivity contribution in [1.29, 1.82) is 0 Å². The number of nitrogens with zero attached hydrogens (tertiary/aromatic N) is 7. The highest BCUT2D eigenvalue weighted by atomic mass is 16.2. The average molecular weight is 813 g/mol. The van der Waals surface area contributed by atoms with E-state index in [-0.39, 0.29) is 36.0 Å². The molecule has 8 rings (SSSR count). The first kappa shape index (κ1) is 40.9. The van der Waals surface area contributed by atoms with Crippen molar-refractivity contribution in [3.8, 4) is 11.1 Å². The molecule has 0 unspecified atom stereocenters. The van der Waals surface area contributed by atoms with Gasteiger partial charge in [0.1, 0.15) is 5.82 Å². The smallest absolute Gasteiger partial charge is 0.328 e. The third-order valence-electron chi connectivity index (χ3n) is 12.3. The van der Waals surface area contributed by atoms with Crippen LogP contribution in [-0.4, -0.2) is 99.2 Å². The fourth-order valence-electron chi connectivity index (χ4n) is 9.00. The summed E-state index contributed by atoms with van der Waals surface area (Å²) in [7, 11) is 0. The number of carbonyl (C=O) groups excluding carboxylic acids is 3. The average Bonchev–Trinajstić information content (AvgIpc) is 3.69. The summed E-state index contributed by atoms with van der Waals surface area (Å²) in [5.74, 6) is 0.475. The van der Waals surface area contributed by atoms with Gasteiger partial charge in [-0.25, -0.2) is 9.78 Å². The zero-order valence-corrected chi connectivity index (χ0v) is 35.2. The van der Waals surface area contributed by atoms with Gasteiger partial charge in [0.2, 0.25) is 5.91 Å². The maximum absolute atomic E-state index is 13.9. The number of piperazine rings is 1. The lowest BCUT2D eigenvalue weighted by atomic mass is 10.00. The molecule has 14 nitrogen and oxygen atoms in total. The molecular weight excluding hydrogens is 757 g/mol. The van der Waals surface area contributed by atoms with Crippen LogP contribution in [-0.2, 0) is 24.3 Å². The van der Waals surface area contributed by atoms with Gasteiger partial charge in [0.25, 0.3) is 11.5 Å². The molecule has 3 aliphatic rings. The van der Waals surface area contributed by atoms with E-state index in [0.29, 0.717) is 30.1 Å². The number of aromatic nitrogens is 4. The summed E-state index contributed by atoms with van der Waals surface area (Å²) in [5.41, 5.74) is 7.42. The topological polar surface area (TPSA) is 152 Å². The number of carbonyl (C=O) groups is 3. The monoisotopic (exact) mass is 812 g/mol. The third kappa shape index (κ3) is 8.85. The number of urea groups is 1. The van der Waals surface area contributed by atoms with E-state index >= 15 is 0 Å². The summed E-state index contributed by atoms with van der Waals surface area (Å²) in [6.07, 6.45) is 7.92. The second-order valence-electron chi connectivity index (χ2n) is 16.7. The number of piperidine rings is 1. The Bertz CT molecular complexity index is 2410. The summed E-state index contributed by atoms with van der Waals surface area (Å²) in [6, 6.07) is 18.6. The molecule has 0 bridgehead atoms. The number of hydrogen-bond acceptors (Lipinski definition) is 9. The number of pyridine rings is 2. The Hall–Kier alpha value is -5.86. The second-order valence-corrected chi connectivity index (χ2v) is 16.7. The van der Waals surface area contributed by atoms with Crippen LogP contribution in [0.25, 0.3) is 22.0 Å². The number of anilines is 2. The quantitative estimate of drug-likeness (QED) is 0.142. The number of benzene rings is 2. The molecule has 2 aromatic carbocycles. The number of rotatable bonds is 12. The van der Waals surface area contributed by atoms with Crippen LogP contribution in [0.15, 0.2) is 71.8 Å². The molecule has 6 heterocycles. The van der Waals surface area contributed by atoms with E-state index in [1.165, 1.54) is 5.56 Å². The van der Waals surface area contributed by atoms with Crippen LogP contribution in [0, 0.1) is 6.92 Å². The minimum atomic E-state index is -0.355. The minimum Gasteiger partial charge on any atom is -0.354 e. The lowest BCUT2D eigenvalue weighted by Crippen LogP contribution is -2.53. The van der Waals surface area contributed by atoms with Crippen molar-refractivity contribution in [2.45, 2.75) is 85.0 Å². The van der Waals surface area contributed by atoms with E-state index < -0.39 is 0 Å². The molecule has 3 aliphatic heterocycles. The highest BCUT2D eigenvalue weighted by Crippen LogP contribution is 2.31. The van der Waals surface area contributed by atoms with Gasteiger partial charge in [-0.05, 0) is 112 Å². The number of amides is 4. The minimum absolute atomic E-state index is 0.0970. The van der Waals surface area contributed by atoms with Crippen molar-refractivity contribution < 1.29 is 14.4 Å². The van der Waals surface area contributed by atoms with Gasteiger partial charge in [-0.1, -0.05) is 25.5 Å². The Labute approximate surface area is 350 Å². The number of aryl methyl sites for hydroxylation is 2. The van der Waals surface area contributed by atoms with Crippen LogP contribution in [0.1, 0.15) is 85.2 Å². The molecule has 0 atom stereocenters. The summed E-state index contributed by atoms with van der Waals surface area (Å²) < 4.78 is 1.94. The normalized spacial score (nSPS) is 17.1. The number of fused-ring (bicyclic) bond motifs is 1. The molecule has 3 N–H and O–H groups in total. The molecule has 3 aromatic heterocycles. The van der Waals surface area contributed by atoms with Gasteiger partial charge in [0.15, 0.2) is 0 Å². The first-order valence-electron chi connectivity index (χ1n) is 21.4. The van der Waals surface area contributed by atoms with Crippen molar-refractivity contribution in [1.82, 2.24) is 40.2 Å². The number of likely N-dealkylation sites (tertiary alicyclic amines) is 1. The fourth-order valence-corrected chi connectivity index (χ4v) is 9.00. The maximum atomic E-state index is 13.9. The van der Waals surface area contributed by atoms with Gasteiger partial charge in [-0.3, -0.25) is 39.1 Å². The molecule has 14 heteroatoms. The number of nitrogens with one attached hydrogen (secondary N) is 3. The predicted molar refractivity (Wildman–Crippen MR) is 234 cm³/mol. The van der Waals surface area contributed by atoms with Crippen LogP contribution < -0.4 is 26.0 Å². The summed E-state index contributed by atoms with van der Waals surface area (Å²) in [6.45, 7) is 15.4. The molecule has 0 saturated carbocycles. The lowest BCUT2D eigenvalue weighted by molar-refractivity contribution is -0.120. The maximum Gasteiger partial charge on any atom is 0.328 e. The zero-order valence-electron chi connectivity index (χ0n) is 35.2. The SMILES string of the molecule is CCCc1cc(C)[nH]c(=O)c1CNC(=O)c1cc(-c2ccc(N3CCN(C4CCN(Cc5ccc(N6CCC(=O)NC6=O)cc5)CC4)CC3)nc2)cc2c1cnn2C(C)C. The Balaban J connectivity index is 0.873. The number of H-pyrrole nitrogens is 1. The van der Waals surface area contributed by atoms with Crippen LogP contribution in [0.4, 0.5) is 16.3 Å². The standard InChI is InChI=1S/C46H56N10O4/c1-5-6-33-23-31(4)50-45(59)39(33)27-48-44(58)38-24-35(25-41-40(38)28-49-56(41)30(2)3)34-9-12-42(47-26-34)54-21-19-53(20-22-54)36-13-16-52(17-14-36)29-32-7-10-37(11-8-32)55-18-15-43(57)51-46(55)60/h7-12,23-26,28,30,36H,5-6,13-22,27,29H2,1-4H3,(H,48,58)(H,50,59)(H,51,57,60). The van der Waals surface area contributed by atoms with Gasteiger partial charge >= 0.3 is 6.03 Å². The van der Waals surface area contributed by atoms with E-state index in [1.54, 1.807) is 11.1 Å². The second kappa shape index (κ2) is 17.8. The molecule has 0 aliphatic carbocycles. The molecule has 0 spiro atoms. The molecule has 314 valence electrons. The van der Waals surface area contributed by atoms with Gasteiger partial charge in [0, 0.05) is 98.4 Å². The Morgan fingerprint density at radius 3 is 2.35 bits per heavy atom. The van der Waals surface area contributed by atoms with Crippen molar-refractivity contribution in [2.24, 2.45) is 0 Å². The van der Waals surface area contributed by atoms with Gasteiger partial charge in [0.05, 0.1) is 17.3 Å². The van der Waals surface area contributed by atoms with E-state index in [4.69, 9.17) is 4.98 Å². The molecular formula is C46H56N10O4. The van der Waals surface area contributed by atoms with Gasteiger partial charge in [-0.2, -0.15) is 5.10 Å². The molecule has 5 aromatic rings. The number of hydrogen-bond donors (Lipinski definition) is 3. The van der Waals surface area contributed by atoms with E-state index in [2.05, 4.69) is 86.5 Å². The highest BCUT2D eigenvalue weighted by molar-refractivity contribution is 6.08. The molecule has 3 fully saturated rings. The summed E-state index contributed by atoms with van der Waals surface area (Å²) in [5, 5.41) is 10.8. The summed E-state index contributed by atoms with van der Waals surface area (Å²) in [4.78, 5) is 67.5. The first-order chi connectivity index (χ1) is 29.0. The lowest BCUT2D eigenvalue weighted by Gasteiger charge is -2.43. The molecule has 3 saturated heterocycles. The largest absolute Gasteiger partial charge is 0.354 e. The van der Waals surface area contributed by atoms with Crippen LogP contribution in [0.2, 0.25) is 0 Å². The van der Waals surface area contributed by atoms with Crippen molar-refractivity contribution >= 4 is 40.3 Å². The predicted octanol–water partition coefficient (Wildman–Crippen LogP) is 5.79. The van der Waals surface area contributed by atoms with Crippen molar-refractivity contribution in [3.05, 3.63) is 105 Å². The van der Waals surface area contributed by atoms with E-state index in [9.17, 15) is 19.2 Å². The zero-order chi connectivity index (χ0) is 41.9. The van der Waals surface area contributed by atoms with Crippen LogP contribution >= 0.6 is 0 Å². The number of aromatic amines is 1. The fraction of sp³-hybridized carbons (Fsp3) is 0.435. The third-order valence-corrected chi connectivity index (χ3v) is 12.3. The molecule has 0 radical (unpaired) electrons. The van der Waals surface area contributed by atoms with Gasteiger partial charge in [-0.15, -0.1) is 0 Å². The Morgan fingerprint density at radius 2 is 1.67 bits per heavy atom. The number of imide groups is 1. The Kier molecular flexibility index (Phi) is 12.1. The molecule has 60 heavy (non-hydrogen) atoms. The highest BCUT2D eigenvalue weighted by Gasteiger charge is 2.29. The van der Waals surface area contributed by atoms with Crippen LogP contribution in [0.5, 0.6) is 0 Å². The van der Waals surface area contributed by atoms with Gasteiger partial charge < -0.3 is 15.2 Å². The van der Waals surface area contributed by atoms with Crippen LogP contribution in [0.3, 0.4) is 0 Å². The van der Waals surface area contributed by atoms with Crippen molar-refractivity contribution in [2.75, 3.05) is 55.6 Å². The summed E-state index contributed by atoms with van der Waals surface area (Å²) >= 11 is 0. The van der Waals surface area contributed by atoms with E-state index in [1.807, 2.05) is 42.1 Å². The van der Waals surface area contributed by atoms with E-state index in [0.717, 1.165) is 116 Å². The Morgan fingerprint density at radius 1 is 0.900 bits per heavy atom. The first-order valence-corrected chi connectivity index (χ1v) is 21.4.